The van der Waals surface area contributed by atoms with Crippen LogP contribution in [-0.2, 0) is 23.3 Å². The molecule has 0 atom stereocenters. The molecule has 88 valence electrons. The van der Waals surface area contributed by atoms with Crippen molar-refractivity contribution in [2.75, 3.05) is 0 Å². The van der Waals surface area contributed by atoms with E-state index in [-0.39, 0.29) is 11.5 Å². The maximum absolute atomic E-state index is 11.8. The number of rotatable bonds is 6. The van der Waals surface area contributed by atoms with E-state index in [4.69, 9.17) is 8.25 Å². The number of hydrogen-bond donors (Lipinski definition) is 0. The van der Waals surface area contributed by atoms with E-state index in [1.165, 1.54) is 0 Å². The van der Waals surface area contributed by atoms with Crippen LogP contribution in [0.1, 0.15) is 42.1 Å². The summed E-state index contributed by atoms with van der Waals surface area (Å²) in [7, 11) is 5.76. The van der Waals surface area contributed by atoms with Gasteiger partial charge in [0.1, 0.15) is 0 Å². The van der Waals surface area contributed by atoms with E-state index in [0.29, 0.717) is 17.9 Å². The third-order valence-electron chi connectivity index (χ3n) is 2.62. The molecule has 0 saturated heterocycles. The third kappa shape index (κ3) is 4.14. The first-order chi connectivity index (χ1) is 8.10. The first-order valence-electron chi connectivity index (χ1n) is 5.66. The first-order valence-corrected chi connectivity index (χ1v) is 16.3. The number of benzene rings is 1. The van der Waals surface area contributed by atoms with Crippen molar-refractivity contribution in [3.8, 4) is 0 Å². The van der Waals surface area contributed by atoms with Gasteiger partial charge in [0.2, 0.25) is 0 Å². The molecule has 1 aromatic rings. The zero-order valence-corrected chi connectivity index (χ0v) is 16.3. The quantitative estimate of drug-likeness (QED) is 0.373. The SMILES string of the molecule is CC(C)c1ccc(C(=O)C[CH2][Hg][Cl])c(N=O)c1. The minimum absolute atomic E-state index is 0.0180. The Kier molecular flexibility index (Phi) is 6.27. The number of ketones is 1. The Labute approximate surface area is 117 Å². The van der Waals surface area contributed by atoms with E-state index in [0.717, 1.165) is 9.49 Å². The Morgan fingerprint density at radius 3 is 2.71 bits per heavy atom. The molecule has 0 aromatic heterocycles. The Balaban J connectivity index is 3.00. The van der Waals surface area contributed by atoms with Gasteiger partial charge in [-0.2, -0.15) is 0 Å². The molecular formula is C12H14ClHgNO2. The second-order valence-corrected chi connectivity index (χ2v) is 11.8. The fourth-order valence-electron chi connectivity index (χ4n) is 1.58. The van der Waals surface area contributed by atoms with E-state index in [9.17, 15) is 9.70 Å². The van der Waals surface area contributed by atoms with E-state index in [2.05, 4.69) is 5.18 Å². The summed E-state index contributed by atoms with van der Waals surface area (Å²) in [4.78, 5) is 22.6. The zero-order chi connectivity index (χ0) is 12.8. The fourth-order valence-corrected chi connectivity index (χ4v) is 4.52. The molecule has 17 heavy (non-hydrogen) atoms. The standard InChI is InChI=1S/C12H14NO2.ClH.Hg/c1-4-12(14)10-6-5-9(8(2)3)7-11(10)13-15;;/h5-8H,1,4H2,2-3H3;1H;/q;;+1/p-1. The first kappa shape index (κ1) is 14.8. The minimum atomic E-state index is -1.27. The molecule has 5 heteroatoms. The molecule has 1 rings (SSSR count). The summed E-state index contributed by atoms with van der Waals surface area (Å²) in [6, 6.07) is 5.30. The summed E-state index contributed by atoms with van der Waals surface area (Å²) in [6.45, 7) is 4.07. The average Bonchev–Trinajstić information content (AvgIpc) is 2.34. The monoisotopic (exact) mass is 441 g/mol. The van der Waals surface area contributed by atoms with Crippen LogP contribution < -0.4 is 0 Å². The number of carbonyl (C=O) groups excluding carboxylic acids is 1. The summed E-state index contributed by atoms with van der Waals surface area (Å²) < 4.78 is 0.838. The molecule has 0 aliphatic carbocycles. The molecule has 0 saturated carbocycles. The number of carbonyl (C=O) groups is 1. The van der Waals surface area contributed by atoms with Gasteiger partial charge in [0.15, 0.2) is 0 Å². The molecule has 1 aromatic carbocycles. The predicted molar refractivity (Wildman–Crippen MR) is 65.6 cm³/mol. The van der Waals surface area contributed by atoms with Crippen LogP contribution in [0.2, 0.25) is 3.93 Å². The van der Waals surface area contributed by atoms with Crippen molar-refractivity contribution in [3.63, 3.8) is 0 Å². The van der Waals surface area contributed by atoms with Crippen LogP contribution in [0, 0.1) is 4.91 Å². The maximum atomic E-state index is 11.8. The summed E-state index contributed by atoms with van der Waals surface area (Å²) in [5.41, 5.74) is 1.71. The Hall–Kier alpha value is -0.285. The third-order valence-corrected chi connectivity index (χ3v) is 7.38. The molecule has 0 aliphatic rings. The zero-order valence-electron chi connectivity index (χ0n) is 10.1. The topological polar surface area (TPSA) is 46.5 Å². The van der Waals surface area contributed by atoms with Gasteiger partial charge in [-0.1, -0.05) is 0 Å². The van der Waals surface area contributed by atoms with Gasteiger partial charge in [-0.15, -0.1) is 0 Å². The van der Waals surface area contributed by atoms with Crippen molar-refractivity contribution in [1.82, 2.24) is 0 Å². The molecule has 3 nitrogen and oxygen atoms in total. The van der Waals surface area contributed by atoms with Crippen LogP contribution in [-0.4, -0.2) is 5.78 Å². The Bertz CT molecular complexity index is 421. The van der Waals surface area contributed by atoms with Crippen LogP contribution in [0.4, 0.5) is 5.69 Å². The van der Waals surface area contributed by atoms with Gasteiger partial charge in [-0.3, -0.25) is 0 Å². The Morgan fingerprint density at radius 2 is 2.18 bits per heavy atom. The molecule has 0 heterocycles. The Morgan fingerprint density at radius 1 is 1.47 bits per heavy atom. The predicted octanol–water partition coefficient (Wildman–Crippen LogP) is 4.44. The number of hydrogen-bond acceptors (Lipinski definition) is 3. The summed E-state index contributed by atoms with van der Waals surface area (Å²) >= 11 is -1.27. The van der Waals surface area contributed by atoms with E-state index < -0.39 is 23.3 Å². The van der Waals surface area contributed by atoms with Gasteiger partial charge in [-0.05, 0) is 0 Å². The molecule has 0 fully saturated rings. The van der Waals surface area contributed by atoms with Crippen molar-refractivity contribution >= 4 is 19.7 Å². The molecule has 0 amide bonds. The van der Waals surface area contributed by atoms with Crippen molar-refractivity contribution < 1.29 is 28.1 Å². The van der Waals surface area contributed by atoms with Crippen LogP contribution >= 0.6 is 8.25 Å². The molecular weight excluding hydrogens is 426 g/mol. The average molecular weight is 440 g/mol. The van der Waals surface area contributed by atoms with Crippen molar-refractivity contribution in [2.45, 2.75) is 30.1 Å². The molecule has 0 N–H and O–H groups in total. The number of Topliss-reactive ketones (excluding diaryl/α,β-unsaturated/α-hetero) is 1. The van der Waals surface area contributed by atoms with Crippen molar-refractivity contribution in [3.05, 3.63) is 34.2 Å². The fraction of sp³-hybridized carbons (Fsp3) is 0.417. The van der Waals surface area contributed by atoms with Crippen LogP contribution in [0.15, 0.2) is 23.4 Å². The van der Waals surface area contributed by atoms with Gasteiger partial charge < -0.3 is 0 Å². The number of halogens is 1. The van der Waals surface area contributed by atoms with Crippen molar-refractivity contribution in [2.24, 2.45) is 5.18 Å². The molecule has 0 radical (unpaired) electrons. The molecule has 0 aliphatic heterocycles. The van der Waals surface area contributed by atoms with Gasteiger partial charge in [-0.25, -0.2) is 0 Å². The van der Waals surface area contributed by atoms with E-state index in [1.807, 2.05) is 19.9 Å². The number of nitroso groups, excluding NO2 is 1. The second kappa shape index (κ2) is 7.22. The summed E-state index contributed by atoms with van der Waals surface area (Å²) in [5, 5.41) is 2.96. The van der Waals surface area contributed by atoms with E-state index >= 15 is 0 Å². The van der Waals surface area contributed by atoms with Gasteiger partial charge >= 0.3 is 117 Å². The summed E-state index contributed by atoms with van der Waals surface area (Å²) in [5.74, 6) is 0.301. The van der Waals surface area contributed by atoms with Gasteiger partial charge in [0.25, 0.3) is 0 Å². The number of nitrogens with zero attached hydrogens (tertiary/aromatic N) is 1. The summed E-state index contributed by atoms with van der Waals surface area (Å²) in [6.07, 6.45) is 0.453. The van der Waals surface area contributed by atoms with Crippen LogP contribution in [0.25, 0.3) is 0 Å². The van der Waals surface area contributed by atoms with Gasteiger partial charge in [0.05, 0.1) is 0 Å². The van der Waals surface area contributed by atoms with Crippen LogP contribution in [0.5, 0.6) is 0 Å². The molecule has 0 bridgehead atoms. The molecule has 0 unspecified atom stereocenters. The van der Waals surface area contributed by atoms with Crippen molar-refractivity contribution in [1.29, 1.82) is 0 Å². The van der Waals surface area contributed by atoms with Crippen LogP contribution in [0.3, 0.4) is 0 Å². The van der Waals surface area contributed by atoms with Gasteiger partial charge in [0, 0.05) is 0 Å². The second-order valence-electron chi connectivity index (χ2n) is 4.24. The molecule has 0 spiro atoms. The normalized spacial score (nSPS) is 10.1. The van der Waals surface area contributed by atoms with E-state index in [1.54, 1.807) is 12.1 Å².